The Balaban J connectivity index is 2.06. The fourth-order valence-electron chi connectivity index (χ4n) is 2.59. The van der Waals surface area contributed by atoms with Gasteiger partial charge in [-0.3, -0.25) is 4.79 Å². The summed E-state index contributed by atoms with van der Waals surface area (Å²) in [5, 5.41) is 0. The normalized spacial score (nSPS) is 12.0. The fraction of sp³-hybridized carbons (Fsp3) is 0.316. The molecule has 2 aromatic rings. The zero-order chi connectivity index (χ0) is 15.9. The molecule has 0 fully saturated rings. The zero-order valence-electron chi connectivity index (χ0n) is 13.5. The minimum absolute atomic E-state index is 0.0586. The summed E-state index contributed by atoms with van der Waals surface area (Å²) in [6.45, 7) is 2.72. The van der Waals surface area contributed by atoms with Gasteiger partial charge in [-0.05, 0) is 35.9 Å². The Bertz CT molecular complexity index is 595. The Morgan fingerprint density at radius 1 is 1.09 bits per heavy atom. The van der Waals surface area contributed by atoms with E-state index in [0.29, 0.717) is 6.54 Å². The number of likely N-dealkylation sites (N-methyl/N-ethyl adjacent to an activating group) is 1. The molecule has 3 heteroatoms. The molecule has 0 aliphatic heterocycles. The molecule has 22 heavy (non-hydrogen) atoms. The van der Waals surface area contributed by atoms with Crippen molar-refractivity contribution in [3.8, 4) is 0 Å². The Morgan fingerprint density at radius 3 is 2.27 bits per heavy atom. The van der Waals surface area contributed by atoms with Gasteiger partial charge in [-0.15, -0.1) is 11.8 Å². The van der Waals surface area contributed by atoms with E-state index in [1.54, 1.807) is 11.8 Å². The first kappa shape index (κ1) is 16.6. The second-order valence-corrected chi connectivity index (χ2v) is 6.29. The van der Waals surface area contributed by atoms with Crippen molar-refractivity contribution in [3.63, 3.8) is 0 Å². The van der Waals surface area contributed by atoms with Crippen molar-refractivity contribution in [2.75, 3.05) is 13.3 Å². The maximum absolute atomic E-state index is 12.7. The van der Waals surface area contributed by atoms with E-state index >= 15 is 0 Å². The van der Waals surface area contributed by atoms with Crippen LogP contribution in [0.1, 0.15) is 30.4 Å². The van der Waals surface area contributed by atoms with Gasteiger partial charge in [0, 0.05) is 18.5 Å². The van der Waals surface area contributed by atoms with Crippen LogP contribution < -0.4 is 0 Å². The van der Waals surface area contributed by atoms with Gasteiger partial charge in [0.1, 0.15) is 0 Å². The summed E-state index contributed by atoms with van der Waals surface area (Å²) in [5.74, 6) is 0.124. The lowest BCUT2D eigenvalue weighted by molar-refractivity contribution is -0.132. The van der Waals surface area contributed by atoms with Crippen molar-refractivity contribution in [3.05, 3.63) is 65.7 Å². The third kappa shape index (κ3) is 4.14. The highest BCUT2D eigenvalue weighted by molar-refractivity contribution is 7.98. The van der Waals surface area contributed by atoms with Crippen molar-refractivity contribution in [2.45, 2.75) is 30.7 Å². The second-order valence-electron chi connectivity index (χ2n) is 5.41. The highest BCUT2D eigenvalue weighted by atomic mass is 32.2. The molecule has 2 aromatic carbocycles. The summed E-state index contributed by atoms with van der Waals surface area (Å²) in [6, 6.07) is 18.4. The maximum Gasteiger partial charge on any atom is 0.230 e. The lowest BCUT2D eigenvalue weighted by Gasteiger charge is -2.23. The molecule has 0 bridgehead atoms. The van der Waals surface area contributed by atoms with Crippen LogP contribution >= 0.6 is 11.8 Å². The van der Waals surface area contributed by atoms with Crippen molar-refractivity contribution in [2.24, 2.45) is 0 Å². The number of carbonyl (C=O) groups excluding carboxylic acids is 1. The van der Waals surface area contributed by atoms with Crippen LogP contribution in [-0.4, -0.2) is 24.1 Å². The van der Waals surface area contributed by atoms with Crippen molar-refractivity contribution < 1.29 is 4.79 Å². The molecule has 1 unspecified atom stereocenters. The Kier molecular flexibility index (Phi) is 6.08. The van der Waals surface area contributed by atoms with E-state index in [-0.39, 0.29) is 11.8 Å². The van der Waals surface area contributed by atoms with E-state index in [2.05, 4.69) is 37.4 Å². The topological polar surface area (TPSA) is 20.3 Å². The minimum atomic E-state index is -0.0586. The van der Waals surface area contributed by atoms with E-state index in [9.17, 15) is 4.79 Å². The standard InChI is InChI=1S/C19H23NOS/c1-4-18(16-8-6-5-7-9-16)19(21)20(2)14-15-10-12-17(22-3)13-11-15/h5-13,18H,4,14H2,1-3H3. The average molecular weight is 313 g/mol. The van der Waals surface area contributed by atoms with E-state index in [1.807, 2.05) is 42.3 Å². The van der Waals surface area contributed by atoms with Crippen molar-refractivity contribution >= 4 is 17.7 Å². The fourth-order valence-corrected chi connectivity index (χ4v) is 3.00. The molecule has 0 aromatic heterocycles. The Labute approximate surface area is 137 Å². The Morgan fingerprint density at radius 2 is 1.73 bits per heavy atom. The molecule has 2 nitrogen and oxygen atoms in total. The van der Waals surface area contributed by atoms with Gasteiger partial charge in [0.2, 0.25) is 5.91 Å². The number of amides is 1. The largest absolute Gasteiger partial charge is 0.341 e. The van der Waals surface area contributed by atoms with Crippen LogP contribution in [0.15, 0.2) is 59.5 Å². The summed E-state index contributed by atoms with van der Waals surface area (Å²) in [7, 11) is 1.89. The number of hydrogen-bond donors (Lipinski definition) is 0. The highest BCUT2D eigenvalue weighted by Gasteiger charge is 2.21. The lowest BCUT2D eigenvalue weighted by Crippen LogP contribution is -2.31. The molecule has 116 valence electrons. The third-order valence-corrected chi connectivity index (χ3v) is 4.61. The molecular formula is C19H23NOS. The molecule has 0 spiro atoms. The van der Waals surface area contributed by atoms with Gasteiger partial charge >= 0.3 is 0 Å². The molecule has 1 atom stereocenters. The van der Waals surface area contributed by atoms with Gasteiger partial charge in [0.05, 0.1) is 5.92 Å². The maximum atomic E-state index is 12.7. The van der Waals surface area contributed by atoms with Gasteiger partial charge in [0.25, 0.3) is 0 Å². The summed E-state index contributed by atoms with van der Waals surface area (Å²) < 4.78 is 0. The average Bonchev–Trinajstić information content (AvgIpc) is 2.57. The second kappa shape index (κ2) is 8.04. The van der Waals surface area contributed by atoms with Crippen LogP contribution in [0.25, 0.3) is 0 Å². The molecule has 0 aliphatic rings. The van der Waals surface area contributed by atoms with Gasteiger partial charge in [-0.1, -0.05) is 49.4 Å². The minimum Gasteiger partial charge on any atom is -0.341 e. The number of rotatable bonds is 6. The van der Waals surface area contributed by atoms with Crippen LogP contribution in [0, 0.1) is 0 Å². The number of thioether (sulfide) groups is 1. The van der Waals surface area contributed by atoms with Crippen LogP contribution in [0.5, 0.6) is 0 Å². The van der Waals surface area contributed by atoms with Crippen LogP contribution in [0.3, 0.4) is 0 Å². The van der Waals surface area contributed by atoms with Gasteiger partial charge in [0.15, 0.2) is 0 Å². The van der Waals surface area contributed by atoms with Crippen LogP contribution in [0.2, 0.25) is 0 Å². The molecule has 0 N–H and O–H groups in total. The van der Waals surface area contributed by atoms with E-state index in [4.69, 9.17) is 0 Å². The first-order valence-electron chi connectivity index (χ1n) is 7.58. The van der Waals surface area contributed by atoms with Gasteiger partial charge < -0.3 is 4.90 Å². The SMILES string of the molecule is CCC(C(=O)N(C)Cc1ccc(SC)cc1)c1ccccc1. The molecule has 1 amide bonds. The van der Waals surface area contributed by atoms with E-state index < -0.39 is 0 Å². The predicted octanol–water partition coefficient (Wildman–Crippen LogP) is 4.56. The molecular weight excluding hydrogens is 290 g/mol. The lowest BCUT2D eigenvalue weighted by atomic mass is 9.95. The third-order valence-electron chi connectivity index (χ3n) is 3.86. The van der Waals surface area contributed by atoms with E-state index in [0.717, 1.165) is 17.5 Å². The summed E-state index contributed by atoms with van der Waals surface area (Å²) in [6.07, 6.45) is 2.88. The predicted molar refractivity (Wildman–Crippen MR) is 94.2 cm³/mol. The van der Waals surface area contributed by atoms with Crippen LogP contribution in [0.4, 0.5) is 0 Å². The number of nitrogens with zero attached hydrogens (tertiary/aromatic N) is 1. The summed E-state index contributed by atoms with van der Waals surface area (Å²) >= 11 is 1.73. The first-order chi connectivity index (χ1) is 10.7. The molecule has 0 heterocycles. The number of carbonyl (C=O) groups is 1. The van der Waals surface area contributed by atoms with Crippen molar-refractivity contribution in [1.29, 1.82) is 0 Å². The molecule has 2 rings (SSSR count). The number of benzene rings is 2. The highest BCUT2D eigenvalue weighted by Crippen LogP contribution is 2.22. The van der Waals surface area contributed by atoms with Gasteiger partial charge in [-0.25, -0.2) is 0 Å². The first-order valence-corrected chi connectivity index (χ1v) is 8.81. The summed E-state index contributed by atoms with van der Waals surface area (Å²) in [5.41, 5.74) is 2.26. The van der Waals surface area contributed by atoms with Gasteiger partial charge in [-0.2, -0.15) is 0 Å². The molecule has 0 saturated heterocycles. The van der Waals surface area contributed by atoms with Crippen LogP contribution in [-0.2, 0) is 11.3 Å². The molecule has 0 radical (unpaired) electrons. The summed E-state index contributed by atoms with van der Waals surface area (Å²) in [4.78, 5) is 15.8. The quantitative estimate of drug-likeness (QED) is 0.729. The molecule has 0 aliphatic carbocycles. The smallest absolute Gasteiger partial charge is 0.230 e. The molecule has 0 saturated carbocycles. The Hall–Kier alpha value is -1.74. The monoisotopic (exact) mass is 313 g/mol. The number of hydrogen-bond acceptors (Lipinski definition) is 2. The zero-order valence-corrected chi connectivity index (χ0v) is 14.3. The van der Waals surface area contributed by atoms with E-state index in [1.165, 1.54) is 4.90 Å². The van der Waals surface area contributed by atoms with Crippen molar-refractivity contribution in [1.82, 2.24) is 4.90 Å².